The molecular formula is C27H35N3O5. The molecule has 35 heavy (non-hydrogen) atoms. The SMILES string of the molecule is CCC1CCC(CN2CCC(O)(c3ccc4c(c3)C(=O)N(C3CCC(=O)NC3=O)C4=O)CC2)CC1. The number of piperidine rings is 2. The van der Waals surface area contributed by atoms with Gasteiger partial charge >= 0.3 is 0 Å². The number of likely N-dealkylation sites (tertiary alicyclic amines) is 1. The molecule has 188 valence electrons. The predicted octanol–water partition coefficient (Wildman–Crippen LogP) is 2.59. The molecule has 1 aliphatic carbocycles. The molecule has 8 nitrogen and oxygen atoms in total. The zero-order valence-corrected chi connectivity index (χ0v) is 20.4. The first-order valence-electron chi connectivity index (χ1n) is 13.1. The van der Waals surface area contributed by atoms with E-state index in [1.807, 2.05) is 0 Å². The van der Waals surface area contributed by atoms with Gasteiger partial charge in [0.2, 0.25) is 11.8 Å². The summed E-state index contributed by atoms with van der Waals surface area (Å²) in [6.45, 7) is 4.98. The first-order chi connectivity index (χ1) is 16.8. The minimum atomic E-state index is -1.04. The lowest BCUT2D eigenvalue weighted by molar-refractivity contribution is -0.136. The van der Waals surface area contributed by atoms with Gasteiger partial charge in [-0.2, -0.15) is 0 Å². The van der Waals surface area contributed by atoms with Gasteiger partial charge in [0.1, 0.15) is 6.04 Å². The normalized spacial score (nSPS) is 29.3. The number of benzene rings is 1. The number of aliphatic hydroxyl groups is 1. The summed E-state index contributed by atoms with van der Waals surface area (Å²) < 4.78 is 0. The zero-order chi connectivity index (χ0) is 24.7. The predicted molar refractivity (Wildman–Crippen MR) is 128 cm³/mol. The van der Waals surface area contributed by atoms with Crippen molar-refractivity contribution in [1.82, 2.24) is 15.1 Å². The van der Waals surface area contributed by atoms with Crippen LogP contribution in [0.4, 0.5) is 0 Å². The van der Waals surface area contributed by atoms with Gasteiger partial charge in [-0.15, -0.1) is 0 Å². The van der Waals surface area contributed by atoms with Crippen LogP contribution in [0, 0.1) is 11.8 Å². The Hall–Kier alpha value is -2.58. The van der Waals surface area contributed by atoms with E-state index in [9.17, 15) is 24.3 Å². The Labute approximate surface area is 206 Å². The van der Waals surface area contributed by atoms with Gasteiger partial charge in [0.15, 0.2) is 0 Å². The number of amides is 4. The molecule has 0 bridgehead atoms. The molecule has 4 amide bonds. The van der Waals surface area contributed by atoms with Crippen LogP contribution in [0.2, 0.25) is 0 Å². The fourth-order valence-corrected chi connectivity index (χ4v) is 6.34. The summed E-state index contributed by atoms with van der Waals surface area (Å²) in [6.07, 6.45) is 7.91. The summed E-state index contributed by atoms with van der Waals surface area (Å²) in [5.41, 5.74) is 0.0649. The first kappa shape index (κ1) is 24.1. The number of nitrogens with zero attached hydrogens (tertiary/aromatic N) is 2. The Balaban J connectivity index is 1.24. The second kappa shape index (κ2) is 9.47. The number of hydrogen-bond acceptors (Lipinski definition) is 6. The van der Waals surface area contributed by atoms with E-state index in [0.29, 0.717) is 18.4 Å². The van der Waals surface area contributed by atoms with Crippen LogP contribution in [-0.4, -0.2) is 64.2 Å². The average molecular weight is 482 g/mol. The van der Waals surface area contributed by atoms with E-state index < -0.39 is 35.3 Å². The summed E-state index contributed by atoms with van der Waals surface area (Å²) >= 11 is 0. The van der Waals surface area contributed by atoms with E-state index in [-0.39, 0.29) is 24.0 Å². The largest absolute Gasteiger partial charge is 0.385 e. The Morgan fingerprint density at radius 3 is 2.26 bits per heavy atom. The quantitative estimate of drug-likeness (QED) is 0.626. The molecule has 3 fully saturated rings. The van der Waals surface area contributed by atoms with Crippen molar-refractivity contribution in [3.63, 3.8) is 0 Å². The molecule has 1 aromatic carbocycles. The van der Waals surface area contributed by atoms with Crippen molar-refractivity contribution in [3.8, 4) is 0 Å². The molecule has 3 heterocycles. The van der Waals surface area contributed by atoms with Crippen molar-refractivity contribution >= 4 is 23.6 Å². The van der Waals surface area contributed by atoms with Crippen LogP contribution in [0.15, 0.2) is 18.2 Å². The third-order valence-electron chi connectivity index (χ3n) is 8.72. The van der Waals surface area contributed by atoms with Gasteiger partial charge in [0.25, 0.3) is 11.8 Å². The maximum absolute atomic E-state index is 13.1. The Morgan fingerprint density at radius 1 is 0.943 bits per heavy atom. The monoisotopic (exact) mass is 481 g/mol. The molecule has 1 atom stereocenters. The van der Waals surface area contributed by atoms with Gasteiger partial charge in [0.05, 0.1) is 16.7 Å². The minimum Gasteiger partial charge on any atom is -0.385 e. The summed E-state index contributed by atoms with van der Waals surface area (Å²) in [7, 11) is 0. The van der Waals surface area contributed by atoms with Crippen LogP contribution in [0.1, 0.15) is 91.0 Å². The topological polar surface area (TPSA) is 107 Å². The number of rotatable bonds is 5. The Kier molecular flexibility index (Phi) is 6.53. The smallest absolute Gasteiger partial charge is 0.262 e. The molecular weight excluding hydrogens is 446 g/mol. The maximum atomic E-state index is 13.1. The lowest BCUT2D eigenvalue weighted by Gasteiger charge is -2.40. The number of fused-ring (bicyclic) bond motifs is 1. The van der Waals surface area contributed by atoms with E-state index in [0.717, 1.165) is 36.4 Å². The molecule has 3 aliphatic heterocycles. The molecule has 4 aliphatic rings. The van der Waals surface area contributed by atoms with Gasteiger partial charge < -0.3 is 10.0 Å². The van der Waals surface area contributed by atoms with Crippen LogP contribution in [-0.2, 0) is 15.2 Å². The van der Waals surface area contributed by atoms with E-state index in [1.165, 1.54) is 32.1 Å². The van der Waals surface area contributed by atoms with Gasteiger partial charge in [0, 0.05) is 26.1 Å². The number of imide groups is 2. The van der Waals surface area contributed by atoms with Crippen LogP contribution in [0.5, 0.6) is 0 Å². The lowest BCUT2D eigenvalue weighted by Crippen LogP contribution is -2.54. The van der Waals surface area contributed by atoms with Crippen molar-refractivity contribution in [1.29, 1.82) is 0 Å². The van der Waals surface area contributed by atoms with Crippen molar-refractivity contribution in [2.45, 2.75) is 76.4 Å². The van der Waals surface area contributed by atoms with Crippen LogP contribution in [0.25, 0.3) is 0 Å². The highest BCUT2D eigenvalue weighted by Gasteiger charge is 2.45. The highest BCUT2D eigenvalue weighted by molar-refractivity contribution is 6.23. The van der Waals surface area contributed by atoms with Gasteiger partial charge in [-0.05, 0) is 61.6 Å². The third-order valence-corrected chi connectivity index (χ3v) is 8.72. The van der Waals surface area contributed by atoms with Crippen LogP contribution < -0.4 is 5.32 Å². The number of hydrogen-bond donors (Lipinski definition) is 2. The average Bonchev–Trinajstić information content (AvgIpc) is 3.11. The van der Waals surface area contributed by atoms with E-state index in [4.69, 9.17) is 0 Å². The van der Waals surface area contributed by atoms with E-state index >= 15 is 0 Å². The van der Waals surface area contributed by atoms with Gasteiger partial charge in [-0.25, -0.2) is 0 Å². The second-order valence-corrected chi connectivity index (χ2v) is 10.8. The van der Waals surface area contributed by atoms with Crippen molar-refractivity contribution in [3.05, 3.63) is 34.9 Å². The number of nitrogens with one attached hydrogen (secondary N) is 1. The van der Waals surface area contributed by atoms with Crippen molar-refractivity contribution in [2.24, 2.45) is 11.8 Å². The number of carbonyl (C=O) groups is 4. The minimum absolute atomic E-state index is 0.0886. The summed E-state index contributed by atoms with van der Waals surface area (Å²) in [5, 5.41) is 13.7. The fraction of sp³-hybridized carbons (Fsp3) is 0.630. The molecule has 1 aromatic rings. The molecule has 0 radical (unpaired) electrons. The molecule has 0 aromatic heterocycles. The molecule has 8 heteroatoms. The van der Waals surface area contributed by atoms with Gasteiger partial charge in [-0.1, -0.05) is 32.3 Å². The van der Waals surface area contributed by atoms with Gasteiger partial charge in [-0.3, -0.25) is 29.4 Å². The van der Waals surface area contributed by atoms with E-state index in [1.54, 1.807) is 18.2 Å². The van der Waals surface area contributed by atoms with Crippen LogP contribution >= 0.6 is 0 Å². The van der Waals surface area contributed by atoms with Crippen molar-refractivity contribution < 1.29 is 24.3 Å². The third kappa shape index (κ3) is 4.54. The molecule has 1 saturated carbocycles. The standard InChI is InChI=1S/C27H35N3O5/c1-2-17-3-5-18(6-4-17)16-29-13-11-27(35,12-14-29)19-7-8-20-21(15-19)26(34)30(25(20)33)22-9-10-23(31)28-24(22)32/h7-8,15,17-18,22,35H,2-6,9-14,16H2,1H3,(H,28,31,32). The Morgan fingerprint density at radius 2 is 1.60 bits per heavy atom. The van der Waals surface area contributed by atoms with Crippen molar-refractivity contribution in [2.75, 3.05) is 19.6 Å². The Bertz CT molecular complexity index is 1040. The summed E-state index contributed by atoms with van der Waals surface area (Å²) in [5.74, 6) is -0.447. The second-order valence-electron chi connectivity index (χ2n) is 10.8. The lowest BCUT2D eigenvalue weighted by atomic mass is 9.79. The molecule has 2 saturated heterocycles. The molecule has 5 rings (SSSR count). The number of carbonyl (C=O) groups excluding carboxylic acids is 4. The fourth-order valence-electron chi connectivity index (χ4n) is 6.34. The molecule has 2 N–H and O–H groups in total. The maximum Gasteiger partial charge on any atom is 0.262 e. The summed E-state index contributed by atoms with van der Waals surface area (Å²) in [6, 6.07) is 3.97. The highest BCUT2D eigenvalue weighted by atomic mass is 16.3. The highest BCUT2D eigenvalue weighted by Crippen LogP contribution is 2.38. The van der Waals surface area contributed by atoms with E-state index in [2.05, 4.69) is 17.1 Å². The zero-order valence-electron chi connectivity index (χ0n) is 20.4. The summed E-state index contributed by atoms with van der Waals surface area (Å²) in [4.78, 5) is 53.3. The van der Waals surface area contributed by atoms with Crippen LogP contribution in [0.3, 0.4) is 0 Å². The molecule has 0 spiro atoms. The molecule has 1 unspecified atom stereocenters. The first-order valence-corrected chi connectivity index (χ1v) is 13.1.